The number of hydrogen-bond donors (Lipinski definition) is 1. The van der Waals surface area contributed by atoms with Crippen LogP contribution in [-0.2, 0) is 0 Å². The van der Waals surface area contributed by atoms with Crippen LogP contribution in [0.4, 0.5) is 0 Å². The van der Waals surface area contributed by atoms with E-state index in [-0.39, 0.29) is 11.9 Å². The van der Waals surface area contributed by atoms with Crippen molar-refractivity contribution in [3.05, 3.63) is 51.2 Å². The lowest BCUT2D eigenvalue weighted by Gasteiger charge is -2.36. The van der Waals surface area contributed by atoms with Crippen LogP contribution in [0.5, 0.6) is 5.75 Å². The Bertz CT molecular complexity index is 674. The Kier molecular flexibility index (Phi) is 4.66. The second-order valence-corrected chi connectivity index (χ2v) is 6.41. The summed E-state index contributed by atoms with van der Waals surface area (Å²) in [5.74, 6) is 0.748. The highest BCUT2D eigenvalue weighted by atomic mass is 35.5. The van der Waals surface area contributed by atoms with Crippen molar-refractivity contribution in [2.24, 2.45) is 0 Å². The molecule has 1 aromatic heterocycles. The van der Waals surface area contributed by atoms with Crippen LogP contribution in [0.2, 0.25) is 5.02 Å². The number of carbonyl (C=O) groups is 1. The van der Waals surface area contributed by atoms with Crippen molar-refractivity contribution in [2.75, 3.05) is 26.7 Å². The topological polar surface area (TPSA) is 41.6 Å². The van der Waals surface area contributed by atoms with E-state index in [1.54, 1.807) is 13.2 Å². The Morgan fingerprint density at radius 1 is 1.45 bits per heavy atom. The first kappa shape index (κ1) is 15.3. The molecule has 0 bridgehead atoms. The van der Waals surface area contributed by atoms with E-state index in [9.17, 15) is 4.79 Å². The molecular weight excluding hydrogens is 320 g/mol. The maximum Gasteiger partial charge on any atom is 0.264 e. The van der Waals surface area contributed by atoms with Crippen LogP contribution in [0.1, 0.15) is 21.3 Å². The van der Waals surface area contributed by atoms with Crippen molar-refractivity contribution in [1.29, 1.82) is 0 Å². The molecule has 1 amide bonds. The summed E-state index contributed by atoms with van der Waals surface area (Å²) in [5, 5.41) is 5.88. The Morgan fingerprint density at radius 3 is 3.00 bits per heavy atom. The van der Waals surface area contributed by atoms with Crippen molar-refractivity contribution in [2.45, 2.75) is 6.04 Å². The number of methoxy groups -OCH3 is 1. The molecule has 1 aliphatic heterocycles. The number of halogens is 1. The van der Waals surface area contributed by atoms with Gasteiger partial charge in [0.2, 0.25) is 0 Å². The largest absolute Gasteiger partial charge is 0.496 e. The van der Waals surface area contributed by atoms with Crippen molar-refractivity contribution in [3.8, 4) is 5.75 Å². The summed E-state index contributed by atoms with van der Waals surface area (Å²) in [6, 6.07) is 9.43. The first-order valence-electron chi connectivity index (χ1n) is 7.09. The summed E-state index contributed by atoms with van der Waals surface area (Å²) < 4.78 is 5.17. The van der Waals surface area contributed by atoms with Gasteiger partial charge >= 0.3 is 0 Å². The van der Waals surface area contributed by atoms with Crippen molar-refractivity contribution < 1.29 is 9.53 Å². The van der Waals surface area contributed by atoms with Crippen LogP contribution in [0.15, 0.2) is 35.7 Å². The third-order valence-corrected chi connectivity index (χ3v) is 5.03. The normalized spacial score (nSPS) is 18.3. The number of carbonyl (C=O) groups excluding carboxylic acids is 1. The first-order chi connectivity index (χ1) is 10.7. The minimum absolute atomic E-state index is 0.0275. The van der Waals surface area contributed by atoms with Gasteiger partial charge in [0.25, 0.3) is 5.91 Å². The van der Waals surface area contributed by atoms with Gasteiger partial charge in [0.1, 0.15) is 5.75 Å². The predicted molar refractivity (Wildman–Crippen MR) is 89.0 cm³/mol. The number of nitrogens with one attached hydrogen (secondary N) is 1. The van der Waals surface area contributed by atoms with Gasteiger partial charge in [0, 0.05) is 36.1 Å². The molecule has 2 aromatic rings. The van der Waals surface area contributed by atoms with Crippen LogP contribution >= 0.6 is 22.9 Å². The molecule has 1 aliphatic rings. The van der Waals surface area contributed by atoms with Gasteiger partial charge in [-0.1, -0.05) is 29.8 Å². The van der Waals surface area contributed by atoms with Gasteiger partial charge in [-0.05, 0) is 11.6 Å². The van der Waals surface area contributed by atoms with E-state index in [0.29, 0.717) is 23.0 Å². The third kappa shape index (κ3) is 2.97. The van der Waals surface area contributed by atoms with Gasteiger partial charge in [0.05, 0.1) is 18.0 Å². The molecule has 0 spiro atoms. The van der Waals surface area contributed by atoms with Gasteiger partial charge in [-0.3, -0.25) is 4.79 Å². The number of nitrogens with zero attached hydrogens (tertiary/aromatic N) is 1. The van der Waals surface area contributed by atoms with Crippen LogP contribution in [0.3, 0.4) is 0 Å². The minimum Gasteiger partial charge on any atom is -0.496 e. The molecule has 116 valence electrons. The summed E-state index contributed by atoms with van der Waals surface area (Å²) in [6.45, 7) is 2.15. The Hall–Kier alpha value is -1.56. The Balaban J connectivity index is 1.89. The highest BCUT2D eigenvalue weighted by Crippen LogP contribution is 2.31. The summed E-state index contributed by atoms with van der Waals surface area (Å²) in [6.07, 6.45) is 0. The zero-order valence-corrected chi connectivity index (χ0v) is 13.8. The molecule has 1 atom stereocenters. The highest BCUT2D eigenvalue weighted by molar-refractivity contribution is 7.12. The van der Waals surface area contributed by atoms with E-state index in [4.69, 9.17) is 16.3 Å². The number of ether oxygens (including phenoxy) is 1. The summed E-state index contributed by atoms with van der Waals surface area (Å²) in [5.41, 5.74) is 0.980. The standard InChI is InChI=1S/C16H17ClN2O2S/c1-21-11-8-15(22-10-11)16(20)19-7-6-18-9-14(19)12-4-2-3-5-13(12)17/h2-5,8,10,14,18H,6-7,9H2,1H3. The molecule has 1 saturated heterocycles. The van der Waals surface area contributed by atoms with Gasteiger partial charge < -0.3 is 15.0 Å². The fourth-order valence-electron chi connectivity index (χ4n) is 2.65. The molecule has 22 heavy (non-hydrogen) atoms. The highest BCUT2D eigenvalue weighted by Gasteiger charge is 2.30. The van der Waals surface area contributed by atoms with Gasteiger partial charge in [0.15, 0.2) is 0 Å². The molecule has 4 nitrogen and oxygen atoms in total. The molecule has 0 aliphatic carbocycles. The molecular formula is C16H17ClN2O2S. The quantitative estimate of drug-likeness (QED) is 0.936. The van der Waals surface area contributed by atoms with Crippen LogP contribution < -0.4 is 10.1 Å². The average molecular weight is 337 g/mol. The molecule has 1 fully saturated rings. The van der Waals surface area contributed by atoms with Crippen LogP contribution in [0.25, 0.3) is 0 Å². The van der Waals surface area contributed by atoms with Crippen LogP contribution in [-0.4, -0.2) is 37.6 Å². The Labute approximate surface area is 138 Å². The third-order valence-electron chi connectivity index (χ3n) is 3.79. The van der Waals surface area contributed by atoms with E-state index in [1.165, 1.54) is 11.3 Å². The first-order valence-corrected chi connectivity index (χ1v) is 8.35. The van der Waals surface area contributed by atoms with Crippen molar-refractivity contribution in [3.63, 3.8) is 0 Å². The second-order valence-electron chi connectivity index (χ2n) is 5.09. The van der Waals surface area contributed by atoms with E-state index >= 15 is 0 Å². The fraction of sp³-hybridized carbons (Fsp3) is 0.312. The lowest BCUT2D eigenvalue weighted by Crippen LogP contribution is -2.48. The molecule has 3 rings (SSSR count). The number of amides is 1. The lowest BCUT2D eigenvalue weighted by molar-refractivity contribution is 0.0639. The molecule has 1 aromatic carbocycles. The Morgan fingerprint density at radius 2 is 2.27 bits per heavy atom. The fourth-order valence-corrected chi connectivity index (χ4v) is 3.72. The van der Waals surface area contributed by atoms with Gasteiger partial charge in [-0.25, -0.2) is 0 Å². The number of hydrogen-bond acceptors (Lipinski definition) is 4. The summed E-state index contributed by atoms with van der Waals surface area (Å²) in [7, 11) is 1.60. The van der Waals surface area contributed by atoms with E-state index in [0.717, 1.165) is 17.9 Å². The summed E-state index contributed by atoms with van der Waals surface area (Å²) >= 11 is 7.72. The lowest BCUT2D eigenvalue weighted by atomic mass is 10.0. The zero-order chi connectivity index (χ0) is 15.5. The van der Waals surface area contributed by atoms with Gasteiger partial charge in [-0.15, -0.1) is 11.3 Å². The van der Waals surface area contributed by atoms with Crippen molar-refractivity contribution >= 4 is 28.8 Å². The van der Waals surface area contributed by atoms with E-state index < -0.39 is 0 Å². The SMILES string of the molecule is COc1csc(C(=O)N2CCNCC2c2ccccc2Cl)c1. The molecule has 0 radical (unpaired) electrons. The summed E-state index contributed by atoms with van der Waals surface area (Å²) in [4.78, 5) is 15.4. The minimum atomic E-state index is -0.0527. The smallest absolute Gasteiger partial charge is 0.264 e. The van der Waals surface area contributed by atoms with E-state index in [2.05, 4.69) is 5.32 Å². The second kappa shape index (κ2) is 6.69. The molecule has 6 heteroatoms. The number of rotatable bonds is 3. The number of benzene rings is 1. The number of thiophene rings is 1. The molecule has 1 N–H and O–H groups in total. The monoisotopic (exact) mass is 336 g/mol. The van der Waals surface area contributed by atoms with Crippen LogP contribution in [0, 0.1) is 0 Å². The maximum absolute atomic E-state index is 12.8. The van der Waals surface area contributed by atoms with Crippen molar-refractivity contribution in [1.82, 2.24) is 10.2 Å². The van der Waals surface area contributed by atoms with Gasteiger partial charge in [-0.2, -0.15) is 0 Å². The zero-order valence-electron chi connectivity index (χ0n) is 12.2. The maximum atomic E-state index is 12.8. The van der Waals surface area contributed by atoms with E-state index in [1.807, 2.05) is 34.5 Å². The molecule has 0 saturated carbocycles. The average Bonchev–Trinajstić information content (AvgIpc) is 3.04. The molecule has 1 unspecified atom stereocenters. The molecule has 2 heterocycles. The number of piperazine rings is 1. The predicted octanol–water partition coefficient (Wildman–Crippen LogP) is 3.20.